The van der Waals surface area contributed by atoms with Gasteiger partial charge in [0.05, 0.1) is 6.54 Å². The number of ether oxygens (including phenoxy) is 2. The van der Waals surface area contributed by atoms with Crippen molar-refractivity contribution in [2.45, 2.75) is 70.8 Å². The zero-order chi connectivity index (χ0) is 35.2. The van der Waals surface area contributed by atoms with E-state index in [0.717, 1.165) is 25.7 Å². The highest BCUT2D eigenvalue weighted by Gasteiger charge is 2.37. The van der Waals surface area contributed by atoms with E-state index in [-0.39, 0.29) is 47.5 Å². The Bertz CT molecular complexity index is 1700. The molecule has 1 saturated heterocycles. The molecule has 11 heteroatoms. The zero-order valence-electron chi connectivity index (χ0n) is 28.9. The molecule has 2 aromatic carbocycles. The number of aliphatic imine (C=N–C) groups is 1. The van der Waals surface area contributed by atoms with Crippen molar-refractivity contribution >= 4 is 23.6 Å². The third kappa shape index (κ3) is 7.77. The second-order valence-electron chi connectivity index (χ2n) is 13.2. The summed E-state index contributed by atoms with van der Waals surface area (Å²) in [6.45, 7) is 9.75. The predicted octanol–water partition coefficient (Wildman–Crippen LogP) is 5.67. The molecule has 4 aliphatic rings. The van der Waals surface area contributed by atoms with Crippen LogP contribution in [0.3, 0.4) is 0 Å². The lowest BCUT2D eigenvalue weighted by Gasteiger charge is -2.39. The van der Waals surface area contributed by atoms with Gasteiger partial charge in [-0.3, -0.25) is 19.3 Å². The molecule has 10 nitrogen and oxygen atoms in total. The Hall–Kier alpha value is -4.93. The van der Waals surface area contributed by atoms with Gasteiger partial charge in [0.25, 0.3) is 11.8 Å². The van der Waals surface area contributed by atoms with Crippen LogP contribution in [0.25, 0.3) is 0 Å². The monoisotopic (exact) mass is 683 g/mol. The number of carbonyl (C=O) groups is 3. The Balaban J connectivity index is 1.20. The second kappa shape index (κ2) is 15.7. The average molecular weight is 684 g/mol. The molecule has 0 aromatic heterocycles. The van der Waals surface area contributed by atoms with E-state index in [9.17, 15) is 14.4 Å². The van der Waals surface area contributed by atoms with Crippen molar-refractivity contribution in [1.82, 2.24) is 20.0 Å². The molecule has 2 unspecified atom stereocenters. The Morgan fingerprint density at radius 2 is 1.90 bits per heavy atom. The van der Waals surface area contributed by atoms with E-state index in [1.54, 1.807) is 24.1 Å². The minimum atomic E-state index is -0.833. The van der Waals surface area contributed by atoms with Gasteiger partial charge in [-0.25, -0.2) is 4.39 Å². The van der Waals surface area contributed by atoms with E-state index in [0.29, 0.717) is 62.1 Å². The molecule has 3 heterocycles. The van der Waals surface area contributed by atoms with Crippen molar-refractivity contribution in [3.8, 4) is 11.5 Å². The van der Waals surface area contributed by atoms with E-state index in [1.807, 2.05) is 30.0 Å². The third-order valence-electron chi connectivity index (χ3n) is 10.00. The molecule has 0 radical (unpaired) electrons. The van der Waals surface area contributed by atoms with Crippen molar-refractivity contribution < 1.29 is 28.2 Å². The van der Waals surface area contributed by atoms with Gasteiger partial charge in [-0.1, -0.05) is 43.3 Å². The number of nitrogens with zero attached hydrogens (tertiary/aromatic N) is 4. The number of carbonyl (C=O) groups excluding carboxylic acids is 3. The van der Waals surface area contributed by atoms with Crippen LogP contribution in [0.1, 0.15) is 69.4 Å². The summed E-state index contributed by atoms with van der Waals surface area (Å²) in [7, 11) is 0. The molecule has 1 N–H and O–H groups in total. The standard InChI is InChI=1S/C39H46FN5O5/c1-4-35-42-36(18-21-45(35)26(3)38(47)41-5-2)50-34-23-33-29(22-31(34)40)16-17-32(49-33)39(48)44(25-37(46)43-19-9-10-20-43)24-30(28-14-11-15-28)27-12-7-6-8-13-27/h4,6-8,12-13,18,21-23,28,30,32H,3,5,9-11,14-17,19-20,24-25H2,1-2H3,(H,41,47)/b35-4-. The highest BCUT2D eigenvalue weighted by molar-refractivity contribution is 5.95. The number of aryl methyl sites for hydroxylation is 1. The van der Waals surface area contributed by atoms with Crippen molar-refractivity contribution in [2.24, 2.45) is 10.9 Å². The molecule has 0 spiro atoms. The second-order valence-corrected chi connectivity index (χ2v) is 13.2. The Morgan fingerprint density at radius 1 is 1.14 bits per heavy atom. The number of hydrogen-bond acceptors (Lipinski definition) is 7. The zero-order valence-corrected chi connectivity index (χ0v) is 28.9. The number of rotatable bonds is 11. The lowest BCUT2D eigenvalue weighted by molar-refractivity contribution is -0.145. The average Bonchev–Trinajstić information content (AvgIpc) is 3.66. The molecule has 2 aromatic rings. The summed E-state index contributed by atoms with van der Waals surface area (Å²) in [5, 5.41) is 2.71. The lowest BCUT2D eigenvalue weighted by atomic mass is 9.72. The molecule has 1 aliphatic carbocycles. The smallest absolute Gasteiger partial charge is 0.267 e. The van der Waals surface area contributed by atoms with Crippen LogP contribution in [0.5, 0.6) is 11.5 Å². The first-order valence-electron chi connectivity index (χ1n) is 17.7. The molecule has 0 bridgehead atoms. The van der Waals surface area contributed by atoms with Gasteiger partial charge in [0, 0.05) is 50.4 Å². The first-order chi connectivity index (χ1) is 24.2. The van der Waals surface area contributed by atoms with Crippen LogP contribution in [0.15, 0.2) is 83.9 Å². The number of hydrogen-bond donors (Lipinski definition) is 1. The fraction of sp³-hybridized carbons (Fsp3) is 0.436. The van der Waals surface area contributed by atoms with Crippen molar-refractivity contribution in [2.75, 3.05) is 32.7 Å². The lowest BCUT2D eigenvalue weighted by Crippen LogP contribution is -2.50. The highest BCUT2D eigenvalue weighted by atomic mass is 19.1. The van der Waals surface area contributed by atoms with Crippen LogP contribution in [-0.2, 0) is 20.8 Å². The number of halogens is 1. The number of likely N-dealkylation sites (tertiary alicyclic amines) is 1. The molecule has 3 amide bonds. The van der Waals surface area contributed by atoms with Crippen LogP contribution >= 0.6 is 0 Å². The Labute approximate surface area is 293 Å². The maximum atomic E-state index is 15.3. The molecule has 2 atom stereocenters. The number of benzene rings is 2. The number of fused-ring (bicyclic) bond motifs is 1. The van der Waals surface area contributed by atoms with Gasteiger partial charge >= 0.3 is 0 Å². The predicted molar refractivity (Wildman–Crippen MR) is 189 cm³/mol. The maximum Gasteiger partial charge on any atom is 0.267 e. The van der Waals surface area contributed by atoms with Gasteiger partial charge < -0.3 is 24.6 Å². The van der Waals surface area contributed by atoms with E-state index in [2.05, 4.69) is 29.0 Å². The van der Waals surface area contributed by atoms with Crippen molar-refractivity contribution in [1.29, 1.82) is 0 Å². The fourth-order valence-electron chi connectivity index (χ4n) is 7.00. The molecular weight excluding hydrogens is 637 g/mol. The van der Waals surface area contributed by atoms with Gasteiger partial charge in [-0.2, -0.15) is 4.99 Å². The number of likely N-dealkylation sites (N-methyl/N-ethyl adjacent to an activating group) is 1. The van der Waals surface area contributed by atoms with Crippen LogP contribution in [-0.4, -0.2) is 77.1 Å². The Morgan fingerprint density at radius 3 is 2.58 bits per heavy atom. The summed E-state index contributed by atoms with van der Waals surface area (Å²) in [6, 6.07) is 13.1. The summed E-state index contributed by atoms with van der Waals surface area (Å²) in [6.07, 6.45) is 10.1. The van der Waals surface area contributed by atoms with Gasteiger partial charge in [0.2, 0.25) is 11.8 Å². The first-order valence-corrected chi connectivity index (χ1v) is 17.7. The normalized spacial score (nSPS) is 19.9. The molecule has 6 rings (SSSR count). The SMILES string of the molecule is C=C(C(=O)NCC)N1C=CC(Oc2cc3c(cc2F)CCC(C(=O)N(CC(=O)N2CCCC2)CC(c2ccccc2)C2CCC2)O3)=N/C1=C/C. The largest absolute Gasteiger partial charge is 0.480 e. The van der Waals surface area contributed by atoms with E-state index >= 15 is 4.39 Å². The first kappa shape index (κ1) is 34.9. The Kier molecular flexibility index (Phi) is 11.0. The third-order valence-corrected chi connectivity index (χ3v) is 10.00. The van der Waals surface area contributed by atoms with Gasteiger partial charge in [0.1, 0.15) is 17.3 Å². The maximum absolute atomic E-state index is 15.3. The van der Waals surface area contributed by atoms with E-state index < -0.39 is 11.9 Å². The van der Waals surface area contributed by atoms with Gasteiger partial charge in [-0.15, -0.1) is 0 Å². The number of allylic oxidation sites excluding steroid dienone is 1. The fourth-order valence-corrected chi connectivity index (χ4v) is 7.00. The number of amides is 3. The van der Waals surface area contributed by atoms with Crippen LogP contribution in [0.2, 0.25) is 0 Å². The van der Waals surface area contributed by atoms with Crippen LogP contribution < -0.4 is 14.8 Å². The number of nitrogens with one attached hydrogen (secondary N) is 1. The highest BCUT2D eigenvalue weighted by Crippen LogP contribution is 2.40. The summed E-state index contributed by atoms with van der Waals surface area (Å²) >= 11 is 0. The molecule has 50 heavy (non-hydrogen) atoms. The summed E-state index contributed by atoms with van der Waals surface area (Å²) in [5.41, 5.74) is 1.99. The van der Waals surface area contributed by atoms with Crippen molar-refractivity contribution in [3.05, 3.63) is 95.9 Å². The minimum Gasteiger partial charge on any atom is -0.480 e. The quantitative estimate of drug-likeness (QED) is 0.306. The molecule has 3 aliphatic heterocycles. The van der Waals surface area contributed by atoms with Crippen LogP contribution in [0.4, 0.5) is 4.39 Å². The van der Waals surface area contributed by atoms with Crippen molar-refractivity contribution in [3.63, 3.8) is 0 Å². The van der Waals surface area contributed by atoms with Gasteiger partial charge in [-0.05, 0) is 81.6 Å². The summed E-state index contributed by atoms with van der Waals surface area (Å²) in [4.78, 5) is 49.6. The molecular formula is C39H46FN5O5. The molecule has 2 fully saturated rings. The summed E-state index contributed by atoms with van der Waals surface area (Å²) in [5.74, 6) is 0.0992. The topological polar surface area (TPSA) is 104 Å². The van der Waals surface area contributed by atoms with E-state index in [1.165, 1.54) is 35.1 Å². The van der Waals surface area contributed by atoms with Gasteiger partial charge in [0.15, 0.2) is 17.7 Å². The summed E-state index contributed by atoms with van der Waals surface area (Å²) < 4.78 is 27.5. The molecule has 264 valence electrons. The minimum absolute atomic E-state index is 0.00235. The van der Waals surface area contributed by atoms with E-state index in [4.69, 9.17) is 9.47 Å². The van der Waals surface area contributed by atoms with Crippen LogP contribution in [0, 0.1) is 11.7 Å². The molecule has 1 saturated carbocycles.